The number of fused-ring (bicyclic) bond motifs is 1. The van der Waals surface area contributed by atoms with Gasteiger partial charge in [0.1, 0.15) is 12.2 Å². The molecule has 1 aliphatic rings. The van der Waals surface area contributed by atoms with Crippen LogP contribution >= 0.6 is 0 Å². The Hall–Kier alpha value is -2.02. The van der Waals surface area contributed by atoms with Crippen molar-refractivity contribution in [1.82, 2.24) is 5.32 Å². The highest BCUT2D eigenvalue weighted by Crippen LogP contribution is 2.25. The summed E-state index contributed by atoms with van der Waals surface area (Å²) in [4.78, 5) is 11.1. The topological polar surface area (TPSA) is 62.1 Å². The summed E-state index contributed by atoms with van der Waals surface area (Å²) in [7, 11) is 0. The number of rotatable bonds is 4. The van der Waals surface area contributed by atoms with Gasteiger partial charge in [-0.1, -0.05) is 12.1 Å². The predicted molar refractivity (Wildman–Crippen MR) is 62.6 cm³/mol. The third-order valence-corrected chi connectivity index (χ3v) is 2.73. The molecule has 88 valence electrons. The third kappa shape index (κ3) is 2.97. The van der Waals surface area contributed by atoms with Gasteiger partial charge in [-0.2, -0.15) is 5.26 Å². The summed E-state index contributed by atoms with van der Waals surface area (Å²) >= 11 is 0. The van der Waals surface area contributed by atoms with Crippen LogP contribution in [-0.4, -0.2) is 19.1 Å². The van der Waals surface area contributed by atoms with Crippen molar-refractivity contribution in [3.63, 3.8) is 0 Å². The molecule has 0 aromatic heterocycles. The summed E-state index contributed by atoms with van der Waals surface area (Å²) in [5, 5.41) is 11.0. The second kappa shape index (κ2) is 5.35. The average Bonchev–Trinajstić information content (AvgIpc) is 2.76. The van der Waals surface area contributed by atoms with E-state index < -0.39 is 0 Å². The van der Waals surface area contributed by atoms with Gasteiger partial charge >= 0.3 is 0 Å². The van der Waals surface area contributed by atoms with Gasteiger partial charge in [-0.3, -0.25) is 4.79 Å². The number of carbonyl (C=O) groups is 1. The molecule has 0 spiro atoms. The van der Waals surface area contributed by atoms with Crippen LogP contribution in [0.1, 0.15) is 17.5 Å². The fourth-order valence-electron chi connectivity index (χ4n) is 1.88. The summed E-state index contributed by atoms with van der Waals surface area (Å²) in [6.45, 7) is 1.33. The molecule has 17 heavy (non-hydrogen) atoms. The van der Waals surface area contributed by atoms with Crippen molar-refractivity contribution in [3.05, 3.63) is 29.3 Å². The number of benzene rings is 1. The van der Waals surface area contributed by atoms with Crippen molar-refractivity contribution >= 4 is 5.91 Å². The molecule has 0 unspecified atom stereocenters. The Kier molecular flexibility index (Phi) is 3.61. The summed E-state index contributed by atoms with van der Waals surface area (Å²) < 4.78 is 5.42. The molecule has 1 aromatic carbocycles. The fourth-order valence-corrected chi connectivity index (χ4v) is 1.88. The van der Waals surface area contributed by atoms with Crippen LogP contribution in [0.25, 0.3) is 0 Å². The SMILES string of the molecule is N#CCC(=O)NCCc1ccc2c(c1)CCO2. The van der Waals surface area contributed by atoms with Gasteiger partial charge in [0.15, 0.2) is 0 Å². The first-order valence-electron chi connectivity index (χ1n) is 5.68. The Morgan fingerprint density at radius 3 is 3.24 bits per heavy atom. The molecular weight excluding hydrogens is 216 g/mol. The van der Waals surface area contributed by atoms with Crippen molar-refractivity contribution in [2.75, 3.05) is 13.2 Å². The summed E-state index contributed by atoms with van der Waals surface area (Å²) in [6, 6.07) is 7.94. The van der Waals surface area contributed by atoms with Crippen LogP contribution in [-0.2, 0) is 17.6 Å². The van der Waals surface area contributed by atoms with Crippen LogP contribution in [0.5, 0.6) is 5.75 Å². The van der Waals surface area contributed by atoms with Gasteiger partial charge in [-0.05, 0) is 23.6 Å². The lowest BCUT2D eigenvalue weighted by molar-refractivity contribution is -0.120. The van der Waals surface area contributed by atoms with Crippen molar-refractivity contribution in [1.29, 1.82) is 5.26 Å². The van der Waals surface area contributed by atoms with E-state index in [1.807, 2.05) is 18.2 Å². The van der Waals surface area contributed by atoms with Crippen LogP contribution in [0.15, 0.2) is 18.2 Å². The van der Waals surface area contributed by atoms with E-state index in [-0.39, 0.29) is 12.3 Å². The van der Waals surface area contributed by atoms with Gasteiger partial charge in [0.05, 0.1) is 12.7 Å². The zero-order valence-electron chi connectivity index (χ0n) is 9.53. The van der Waals surface area contributed by atoms with Crippen molar-refractivity contribution in [2.24, 2.45) is 0 Å². The predicted octanol–water partition coefficient (Wildman–Crippen LogP) is 1.19. The summed E-state index contributed by atoms with van der Waals surface area (Å²) in [5.74, 6) is 0.763. The van der Waals surface area contributed by atoms with E-state index in [9.17, 15) is 4.79 Å². The first kappa shape index (κ1) is 11.5. The highest BCUT2D eigenvalue weighted by Gasteiger charge is 2.11. The van der Waals surface area contributed by atoms with E-state index in [0.29, 0.717) is 6.54 Å². The Morgan fingerprint density at radius 2 is 2.41 bits per heavy atom. The molecule has 0 radical (unpaired) electrons. The minimum absolute atomic E-state index is 0.0714. The van der Waals surface area contributed by atoms with Crippen molar-refractivity contribution < 1.29 is 9.53 Å². The standard InChI is InChI=1S/C13H14N2O2/c14-6-3-13(16)15-7-4-10-1-2-12-11(9-10)5-8-17-12/h1-2,9H,3-5,7-8H2,(H,15,16). The van der Waals surface area contributed by atoms with Crippen molar-refractivity contribution in [2.45, 2.75) is 19.3 Å². The zero-order valence-corrected chi connectivity index (χ0v) is 9.53. The zero-order chi connectivity index (χ0) is 12.1. The van der Waals surface area contributed by atoms with Gasteiger partial charge in [-0.15, -0.1) is 0 Å². The molecule has 1 amide bonds. The van der Waals surface area contributed by atoms with E-state index in [0.717, 1.165) is 25.2 Å². The Morgan fingerprint density at radius 1 is 1.53 bits per heavy atom. The molecule has 0 saturated carbocycles. The first-order chi connectivity index (χ1) is 8.29. The van der Waals surface area contributed by atoms with E-state index in [2.05, 4.69) is 11.4 Å². The number of ether oxygens (including phenoxy) is 1. The van der Waals surface area contributed by atoms with Gasteiger partial charge in [-0.25, -0.2) is 0 Å². The molecule has 2 rings (SSSR count). The van der Waals surface area contributed by atoms with Gasteiger partial charge in [0.25, 0.3) is 0 Å². The minimum atomic E-state index is -0.211. The number of hydrogen-bond acceptors (Lipinski definition) is 3. The molecule has 1 aromatic rings. The maximum atomic E-state index is 11.1. The van der Waals surface area contributed by atoms with Crippen LogP contribution in [0.3, 0.4) is 0 Å². The third-order valence-electron chi connectivity index (χ3n) is 2.73. The number of amides is 1. The van der Waals surface area contributed by atoms with Crippen molar-refractivity contribution in [3.8, 4) is 11.8 Å². The average molecular weight is 230 g/mol. The number of nitriles is 1. The summed E-state index contributed by atoms with van der Waals surface area (Å²) in [6.07, 6.45) is 1.67. The lowest BCUT2D eigenvalue weighted by atomic mass is 10.1. The molecule has 4 heteroatoms. The lowest BCUT2D eigenvalue weighted by Gasteiger charge is -2.05. The van der Waals surface area contributed by atoms with Crippen LogP contribution in [0.2, 0.25) is 0 Å². The molecule has 4 nitrogen and oxygen atoms in total. The van der Waals surface area contributed by atoms with E-state index in [4.69, 9.17) is 10.00 Å². The number of nitrogens with zero attached hydrogens (tertiary/aromatic N) is 1. The smallest absolute Gasteiger partial charge is 0.234 e. The largest absolute Gasteiger partial charge is 0.493 e. The maximum absolute atomic E-state index is 11.1. The highest BCUT2D eigenvalue weighted by molar-refractivity contribution is 5.77. The number of carbonyl (C=O) groups excluding carboxylic acids is 1. The Labute approximate surface area is 100 Å². The quantitative estimate of drug-likeness (QED) is 0.845. The lowest BCUT2D eigenvalue weighted by Crippen LogP contribution is -2.24. The number of hydrogen-bond donors (Lipinski definition) is 1. The minimum Gasteiger partial charge on any atom is -0.493 e. The van der Waals surface area contributed by atoms with Crippen LogP contribution in [0.4, 0.5) is 0 Å². The molecule has 1 N–H and O–H groups in total. The van der Waals surface area contributed by atoms with E-state index in [1.54, 1.807) is 0 Å². The van der Waals surface area contributed by atoms with Gasteiger partial charge < -0.3 is 10.1 Å². The summed E-state index contributed by atoms with van der Waals surface area (Å²) in [5.41, 5.74) is 2.43. The molecule has 0 atom stereocenters. The Balaban J connectivity index is 1.84. The Bertz CT molecular complexity index is 463. The second-order valence-corrected chi connectivity index (χ2v) is 3.98. The van der Waals surface area contributed by atoms with Crippen LogP contribution in [0, 0.1) is 11.3 Å². The van der Waals surface area contributed by atoms with Crippen LogP contribution < -0.4 is 10.1 Å². The van der Waals surface area contributed by atoms with Gasteiger partial charge in [0.2, 0.25) is 5.91 Å². The van der Waals surface area contributed by atoms with E-state index in [1.165, 1.54) is 11.1 Å². The second-order valence-electron chi connectivity index (χ2n) is 3.98. The normalized spacial score (nSPS) is 12.4. The monoisotopic (exact) mass is 230 g/mol. The molecule has 0 aliphatic carbocycles. The highest BCUT2D eigenvalue weighted by atomic mass is 16.5. The molecular formula is C13H14N2O2. The van der Waals surface area contributed by atoms with E-state index >= 15 is 0 Å². The van der Waals surface area contributed by atoms with Gasteiger partial charge in [0, 0.05) is 13.0 Å². The molecule has 0 saturated heterocycles. The maximum Gasteiger partial charge on any atom is 0.234 e. The fraction of sp³-hybridized carbons (Fsp3) is 0.385. The molecule has 0 bridgehead atoms. The molecule has 0 fully saturated rings. The molecule has 1 heterocycles. The molecule has 1 aliphatic heterocycles. The first-order valence-corrected chi connectivity index (χ1v) is 5.68. The number of nitrogens with one attached hydrogen (secondary N) is 1.